The fourth-order valence-electron chi connectivity index (χ4n) is 3.40. The summed E-state index contributed by atoms with van der Waals surface area (Å²) in [4.78, 5) is 0. The third kappa shape index (κ3) is 0.701. The molecule has 2 aliphatic carbocycles. The summed E-state index contributed by atoms with van der Waals surface area (Å²) >= 11 is 0. The van der Waals surface area contributed by atoms with E-state index in [4.69, 9.17) is 0 Å². The normalized spacial score (nSPS) is 57.0. The second-order valence-electron chi connectivity index (χ2n) is 5.72. The first kappa shape index (κ1) is 8.59. The molecule has 1 radical (unpaired) electrons. The van der Waals surface area contributed by atoms with Gasteiger partial charge in [0, 0.05) is 0 Å². The SMILES string of the molecule is CC1[C](C2(C)C(C)C2C)C1(C)C. The average Bonchev–Trinajstić information content (AvgIpc) is 2.63. The third-order valence-corrected chi connectivity index (χ3v) is 5.24. The van der Waals surface area contributed by atoms with Crippen molar-refractivity contribution in [2.75, 3.05) is 0 Å². The van der Waals surface area contributed by atoms with E-state index in [0.29, 0.717) is 10.8 Å². The van der Waals surface area contributed by atoms with Gasteiger partial charge in [0.15, 0.2) is 0 Å². The van der Waals surface area contributed by atoms with E-state index < -0.39 is 0 Å². The quantitative estimate of drug-likeness (QED) is 0.557. The summed E-state index contributed by atoms with van der Waals surface area (Å²) in [6, 6.07) is 0. The zero-order valence-corrected chi connectivity index (χ0v) is 9.23. The van der Waals surface area contributed by atoms with Gasteiger partial charge >= 0.3 is 0 Å². The number of hydrogen-bond acceptors (Lipinski definition) is 0. The van der Waals surface area contributed by atoms with Crippen LogP contribution in [0.5, 0.6) is 0 Å². The molecule has 2 rings (SSSR count). The first-order valence-electron chi connectivity index (χ1n) is 5.22. The fraction of sp³-hybridized carbons (Fsp3) is 0.917. The van der Waals surface area contributed by atoms with Crippen molar-refractivity contribution in [3.05, 3.63) is 5.92 Å². The van der Waals surface area contributed by atoms with E-state index in [2.05, 4.69) is 41.5 Å². The molecule has 0 bridgehead atoms. The van der Waals surface area contributed by atoms with Gasteiger partial charge in [0.05, 0.1) is 0 Å². The van der Waals surface area contributed by atoms with Crippen molar-refractivity contribution >= 4 is 0 Å². The average molecular weight is 165 g/mol. The molecular formula is C12H21. The molecule has 12 heavy (non-hydrogen) atoms. The summed E-state index contributed by atoms with van der Waals surface area (Å²) in [5.41, 5.74) is 1.15. The lowest BCUT2D eigenvalue weighted by Crippen LogP contribution is -2.04. The topological polar surface area (TPSA) is 0 Å². The summed E-state index contributed by atoms with van der Waals surface area (Å²) in [5.74, 6) is 4.57. The van der Waals surface area contributed by atoms with Crippen LogP contribution >= 0.6 is 0 Å². The van der Waals surface area contributed by atoms with E-state index in [1.807, 2.05) is 5.92 Å². The van der Waals surface area contributed by atoms with Gasteiger partial charge in [0.1, 0.15) is 0 Å². The molecule has 0 heteroatoms. The minimum Gasteiger partial charge on any atom is -0.0617 e. The second-order valence-corrected chi connectivity index (χ2v) is 5.72. The van der Waals surface area contributed by atoms with E-state index >= 15 is 0 Å². The summed E-state index contributed by atoms with van der Waals surface area (Å²) in [6.45, 7) is 14.4. The van der Waals surface area contributed by atoms with Gasteiger partial charge in [0.2, 0.25) is 0 Å². The Morgan fingerprint density at radius 3 is 1.33 bits per heavy atom. The summed E-state index contributed by atoms with van der Waals surface area (Å²) in [6.07, 6.45) is 0. The molecular weight excluding hydrogens is 144 g/mol. The van der Waals surface area contributed by atoms with Crippen molar-refractivity contribution in [3.63, 3.8) is 0 Å². The Balaban J connectivity index is 2.15. The first-order valence-corrected chi connectivity index (χ1v) is 5.22. The van der Waals surface area contributed by atoms with E-state index in [1.54, 1.807) is 0 Å². The highest BCUT2D eigenvalue weighted by atomic mass is 14.8. The number of rotatable bonds is 1. The Morgan fingerprint density at radius 1 is 0.917 bits per heavy atom. The molecule has 0 N–H and O–H groups in total. The molecule has 0 heterocycles. The molecule has 2 aliphatic rings. The van der Waals surface area contributed by atoms with Gasteiger partial charge in [-0.15, -0.1) is 0 Å². The van der Waals surface area contributed by atoms with Gasteiger partial charge in [-0.05, 0) is 34.5 Å². The van der Waals surface area contributed by atoms with Crippen LogP contribution in [0.3, 0.4) is 0 Å². The van der Waals surface area contributed by atoms with E-state index in [0.717, 1.165) is 17.8 Å². The zero-order chi connectivity index (χ0) is 9.31. The highest BCUT2D eigenvalue weighted by Gasteiger charge is 2.73. The lowest BCUT2D eigenvalue weighted by atomic mass is 9.92. The van der Waals surface area contributed by atoms with Gasteiger partial charge < -0.3 is 0 Å². The maximum absolute atomic E-state index is 2.46. The highest BCUT2D eigenvalue weighted by molar-refractivity contribution is 5.39. The number of hydrogen-bond donors (Lipinski definition) is 0. The van der Waals surface area contributed by atoms with Crippen molar-refractivity contribution < 1.29 is 0 Å². The van der Waals surface area contributed by atoms with Crippen molar-refractivity contribution in [1.29, 1.82) is 0 Å². The Hall–Kier alpha value is 0. The Kier molecular flexibility index (Phi) is 1.37. The molecule has 0 aromatic rings. The van der Waals surface area contributed by atoms with E-state index in [9.17, 15) is 0 Å². The van der Waals surface area contributed by atoms with E-state index in [-0.39, 0.29) is 0 Å². The third-order valence-electron chi connectivity index (χ3n) is 5.24. The maximum atomic E-state index is 2.46. The van der Waals surface area contributed by atoms with E-state index in [1.165, 1.54) is 0 Å². The molecule has 0 aliphatic heterocycles. The predicted molar refractivity (Wildman–Crippen MR) is 52.6 cm³/mol. The van der Waals surface area contributed by atoms with Crippen molar-refractivity contribution in [2.45, 2.75) is 41.5 Å². The predicted octanol–water partition coefficient (Wildman–Crippen LogP) is 3.53. The lowest BCUT2D eigenvalue weighted by molar-refractivity contribution is 0.504. The molecule has 0 aromatic heterocycles. The molecule has 2 saturated carbocycles. The molecule has 3 atom stereocenters. The van der Waals surface area contributed by atoms with Gasteiger partial charge in [-0.25, -0.2) is 0 Å². The highest BCUT2D eigenvalue weighted by Crippen LogP contribution is 2.79. The molecule has 0 aromatic carbocycles. The summed E-state index contributed by atoms with van der Waals surface area (Å²) in [5, 5.41) is 0. The lowest BCUT2D eigenvalue weighted by Gasteiger charge is -2.11. The molecule has 0 nitrogen and oxygen atoms in total. The summed E-state index contributed by atoms with van der Waals surface area (Å²) in [7, 11) is 0. The molecule has 69 valence electrons. The molecule has 0 spiro atoms. The van der Waals surface area contributed by atoms with Crippen molar-refractivity contribution in [1.82, 2.24) is 0 Å². The van der Waals surface area contributed by atoms with Crippen LogP contribution in [-0.4, -0.2) is 0 Å². The Morgan fingerprint density at radius 2 is 1.25 bits per heavy atom. The standard InChI is InChI=1S/C12H21/c1-7-8(2)12(7,6)10-9(3)11(10,4)5/h7-9H,1-6H3. The minimum absolute atomic E-state index is 0.549. The molecule has 0 saturated heterocycles. The van der Waals surface area contributed by atoms with Crippen molar-refractivity contribution in [3.8, 4) is 0 Å². The monoisotopic (exact) mass is 165 g/mol. The van der Waals surface area contributed by atoms with Crippen LogP contribution < -0.4 is 0 Å². The van der Waals surface area contributed by atoms with Crippen LogP contribution in [0.1, 0.15) is 41.5 Å². The maximum Gasteiger partial charge on any atom is -0.00836 e. The first-order chi connectivity index (χ1) is 5.34. The molecule has 3 unspecified atom stereocenters. The Labute approximate surface area is 76.7 Å². The fourth-order valence-corrected chi connectivity index (χ4v) is 3.40. The van der Waals surface area contributed by atoms with Crippen LogP contribution in [0.4, 0.5) is 0 Å². The largest absolute Gasteiger partial charge is 0.0617 e. The van der Waals surface area contributed by atoms with Crippen LogP contribution in [0.25, 0.3) is 0 Å². The van der Waals surface area contributed by atoms with Crippen LogP contribution in [0.2, 0.25) is 0 Å². The van der Waals surface area contributed by atoms with Crippen molar-refractivity contribution in [2.24, 2.45) is 28.6 Å². The van der Waals surface area contributed by atoms with Gasteiger partial charge in [0.25, 0.3) is 0 Å². The molecule has 2 fully saturated rings. The van der Waals surface area contributed by atoms with Crippen LogP contribution in [0.15, 0.2) is 0 Å². The Bertz CT molecular complexity index is 206. The van der Waals surface area contributed by atoms with Crippen LogP contribution in [-0.2, 0) is 0 Å². The zero-order valence-electron chi connectivity index (χ0n) is 9.23. The van der Waals surface area contributed by atoms with Gasteiger partial charge in [-0.2, -0.15) is 0 Å². The van der Waals surface area contributed by atoms with Gasteiger partial charge in [-0.1, -0.05) is 41.5 Å². The second kappa shape index (κ2) is 1.91. The van der Waals surface area contributed by atoms with Crippen LogP contribution in [0, 0.1) is 34.5 Å². The smallest absolute Gasteiger partial charge is 0.00836 e. The van der Waals surface area contributed by atoms with Gasteiger partial charge in [-0.3, -0.25) is 0 Å². The molecule has 0 amide bonds. The summed E-state index contributed by atoms with van der Waals surface area (Å²) < 4.78 is 0. The minimum atomic E-state index is 0.549.